The van der Waals surface area contributed by atoms with Crippen LogP contribution >= 0.6 is 0 Å². The fraction of sp³-hybridized carbons (Fsp3) is 0.381. The molecule has 2 rings (SSSR count). The molecule has 4 nitrogen and oxygen atoms in total. The maximum atomic E-state index is 13.2. The minimum Gasteiger partial charge on any atom is -0.461 e. The van der Waals surface area contributed by atoms with Gasteiger partial charge in [0, 0.05) is 6.92 Å². The van der Waals surface area contributed by atoms with Crippen LogP contribution in [0.15, 0.2) is 65.6 Å². The van der Waals surface area contributed by atoms with Gasteiger partial charge in [0.05, 0.1) is 4.90 Å². The zero-order valence-corrected chi connectivity index (χ0v) is 16.1. The van der Waals surface area contributed by atoms with Gasteiger partial charge >= 0.3 is 5.97 Å². The summed E-state index contributed by atoms with van der Waals surface area (Å²) in [6, 6.07) is 18.2. The Kier molecular flexibility index (Phi) is 7.39. The molecule has 0 N–H and O–H groups in total. The van der Waals surface area contributed by atoms with Crippen molar-refractivity contribution in [1.82, 2.24) is 0 Å². The molecule has 26 heavy (non-hydrogen) atoms. The largest absolute Gasteiger partial charge is 0.461 e. The van der Waals surface area contributed by atoms with E-state index in [0.717, 1.165) is 5.56 Å². The third kappa shape index (κ3) is 5.43. The average Bonchev–Trinajstić information content (AvgIpc) is 2.64. The van der Waals surface area contributed by atoms with Gasteiger partial charge in [-0.3, -0.25) is 4.79 Å². The first-order valence-electron chi connectivity index (χ1n) is 8.95. The second kappa shape index (κ2) is 9.53. The van der Waals surface area contributed by atoms with Gasteiger partial charge in [-0.25, -0.2) is 8.42 Å². The predicted octanol–water partition coefficient (Wildman–Crippen LogP) is 4.19. The maximum absolute atomic E-state index is 13.2. The van der Waals surface area contributed by atoms with Crippen LogP contribution in [0.4, 0.5) is 0 Å². The summed E-state index contributed by atoms with van der Waals surface area (Å²) in [5.74, 6) is -0.451. The second-order valence-electron chi connectivity index (χ2n) is 6.36. The molecule has 0 fully saturated rings. The lowest BCUT2D eigenvalue weighted by Gasteiger charge is -2.26. The summed E-state index contributed by atoms with van der Waals surface area (Å²) < 4.78 is 31.8. The number of benzene rings is 2. The Morgan fingerprint density at radius 3 is 2.08 bits per heavy atom. The molecule has 0 heterocycles. The van der Waals surface area contributed by atoms with Crippen LogP contribution in [-0.4, -0.2) is 25.7 Å². The molecule has 0 aliphatic heterocycles. The number of ether oxygens (including phenoxy) is 1. The van der Waals surface area contributed by atoms with Crippen LogP contribution in [0.3, 0.4) is 0 Å². The van der Waals surface area contributed by atoms with Crippen LogP contribution < -0.4 is 0 Å². The number of rotatable bonds is 9. The van der Waals surface area contributed by atoms with Gasteiger partial charge in [-0.2, -0.15) is 0 Å². The lowest BCUT2D eigenvalue weighted by molar-refractivity contribution is -0.146. The number of esters is 1. The molecule has 2 unspecified atom stereocenters. The maximum Gasteiger partial charge on any atom is 0.302 e. The highest BCUT2D eigenvalue weighted by Crippen LogP contribution is 2.26. The van der Waals surface area contributed by atoms with Crippen LogP contribution in [0.5, 0.6) is 0 Å². The molecule has 2 aromatic rings. The van der Waals surface area contributed by atoms with Gasteiger partial charge < -0.3 is 4.74 Å². The summed E-state index contributed by atoms with van der Waals surface area (Å²) in [5, 5.41) is -0.748. The predicted molar refractivity (Wildman–Crippen MR) is 103 cm³/mol. The molecular weight excluding hydrogens is 348 g/mol. The van der Waals surface area contributed by atoms with Crippen molar-refractivity contribution in [3.63, 3.8) is 0 Å². The summed E-state index contributed by atoms with van der Waals surface area (Å²) in [7, 11) is -3.59. The summed E-state index contributed by atoms with van der Waals surface area (Å²) >= 11 is 0. The third-order valence-corrected chi connectivity index (χ3v) is 6.60. The van der Waals surface area contributed by atoms with Crippen molar-refractivity contribution in [2.24, 2.45) is 0 Å². The fourth-order valence-electron chi connectivity index (χ4n) is 3.10. The molecule has 2 aromatic carbocycles. The van der Waals surface area contributed by atoms with Gasteiger partial charge in [0.15, 0.2) is 9.84 Å². The minimum absolute atomic E-state index is 0.273. The van der Waals surface area contributed by atoms with E-state index in [1.54, 1.807) is 30.3 Å². The van der Waals surface area contributed by atoms with Gasteiger partial charge in [0.25, 0.3) is 0 Å². The number of carbonyl (C=O) groups is 1. The number of aryl methyl sites for hydroxylation is 1. The molecule has 2 atom stereocenters. The highest BCUT2D eigenvalue weighted by atomic mass is 32.2. The van der Waals surface area contributed by atoms with E-state index in [9.17, 15) is 13.2 Å². The molecule has 0 aromatic heterocycles. The Bertz CT molecular complexity index is 785. The van der Waals surface area contributed by atoms with E-state index in [1.165, 1.54) is 6.92 Å². The quantitative estimate of drug-likeness (QED) is 0.617. The topological polar surface area (TPSA) is 60.4 Å². The highest BCUT2D eigenvalue weighted by Gasteiger charge is 2.35. The van der Waals surface area contributed by atoms with E-state index in [2.05, 4.69) is 0 Å². The van der Waals surface area contributed by atoms with E-state index >= 15 is 0 Å². The van der Waals surface area contributed by atoms with Crippen molar-refractivity contribution in [2.45, 2.75) is 55.8 Å². The summed E-state index contributed by atoms with van der Waals surface area (Å²) in [5.41, 5.74) is 1.09. The van der Waals surface area contributed by atoms with Gasteiger partial charge in [-0.05, 0) is 37.0 Å². The smallest absolute Gasteiger partial charge is 0.302 e. The van der Waals surface area contributed by atoms with E-state index in [4.69, 9.17) is 4.74 Å². The fourth-order valence-corrected chi connectivity index (χ4v) is 5.12. The van der Waals surface area contributed by atoms with Crippen LogP contribution in [-0.2, 0) is 25.8 Å². The van der Waals surface area contributed by atoms with E-state index in [0.29, 0.717) is 25.7 Å². The standard InChI is InChI=1S/C21H26O4S/c1-3-10-21(26(23,24)19-13-8-5-9-14-19)20(25-17(2)22)16-15-18-11-6-4-7-12-18/h4-9,11-14,20-21H,3,10,15-16H2,1-2H3. The summed E-state index contributed by atoms with van der Waals surface area (Å²) in [4.78, 5) is 11.9. The molecule has 0 saturated carbocycles. The Balaban J connectivity index is 2.29. The molecule has 5 heteroatoms. The van der Waals surface area contributed by atoms with Gasteiger partial charge in [0.2, 0.25) is 0 Å². The number of hydrogen-bond donors (Lipinski definition) is 0. The second-order valence-corrected chi connectivity index (χ2v) is 8.52. The van der Waals surface area contributed by atoms with E-state index < -0.39 is 27.2 Å². The van der Waals surface area contributed by atoms with Crippen LogP contribution in [0.2, 0.25) is 0 Å². The van der Waals surface area contributed by atoms with Crippen molar-refractivity contribution in [1.29, 1.82) is 0 Å². The monoisotopic (exact) mass is 374 g/mol. The van der Waals surface area contributed by atoms with Crippen molar-refractivity contribution in [3.05, 3.63) is 66.2 Å². The van der Waals surface area contributed by atoms with Crippen LogP contribution in [0.1, 0.15) is 38.7 Å². The Hall–Kier alpha value is -2.14. The Morgan fingerprint density at radius 2 is 1.54 bits per heavy atom. The van der Waals surface area contributed by atoms with Gasteiger partial charge in [-0.15, -0.1) is 0 Å². The lowest BCUT2D eigenvalue weighted by Crippen LogP contribution is -2.37. The van der Waals surface area contributed by atoms with E-state index in [1.807, 2.05) is 37.3 Å². The first kappa shape index (κ1) is 20.2. The SMILES string of the molecule is CCCC(C(CCc1ccccc1)OC(C)=O)S(=O)(=O)c1ccccc1. The third-order valence-electron chi connectivity index (χ3n) is 4.34. The van der Waals surface area contributed by atoms with Gasteiger partial charge in [0.1, 0.15) is 11.4 Å². The number of hydrogen-bond acceptors (Lipinski definition) is 4. The molecule has 0 radical (unpaired) electrons. The zero-order valence-electron chi connectivity index (χ0n) is 15.3. The average molecular weight is 375 g/mol. The van der Waals surface area contributed by atoms with Crippen LogP contribution in [0.25, 0.3) is 0 Å². The van der Waals surface area contributed by atoms with Crippen molar-refractivity contribution in [3.8, 4) is 0 Å². The first-order chi connectivity index (χ1) is 12.4. The lowest BCUT2D eigenvalue weighted by atomic mass is 10.0. The molecule has 0 saturated heterocycles. The Morgan fingerprint density at radius 1 is 0.962 bits per heavy atom. The first-order valence-corrected chi connectivity index (χ1v) is 10.5. The molecule has 0 aliphatic rings. The highest BCUT2D eigenvalue weighted by molar-refractivity contribution is 7.92. The van der Waals surface area contributed by atoms with Crippen molar-refractivity contribution < 1.29 is 17.9 Å². The minimum atomic E-state index is -3.59. The molecule has 140 valence electrons. The molecule has 0 spiro atoms. The molecule has 0 aliphatic carbocycles. The number of carbonyl (C=O) groups excluding carboxylic acids is 1. The van der Waals surface area contributed by atoms with Gasteiger partial charge in [-0.1, -0.05) is 61.9 Å². The molecular formula is C21H26O4S. The van der Waals surface area contributed by atoms with Crippen LogP contribution in [0, 0.1) is 0 Å². The number of sulfone groups is 1. The van der Waals surface area contributed by atoms with Crippen molar-refractivity contribution >= 4 is 15.8 Å². The molecule has 0 bridgehead atoms. The zero-order chi connectivity index (χ0) is 19.0. The van der Waals surface area contributed by atoms with E-state index in [-0.39, 0.29) is 4.90 Å². The van der Waals surface area contributed by atoms with Crippen molar-refractivity contribution in [2.75, 3.05) is 0 Å². The molecule has 0 amide bonds. The Labute approximate surface area is 156 Å². The normalized spacial score (nSPS) is 13.8. The summed E-state index contributed by atoms with van der Waals surface area (Å²) in [6.45, 7) is 3.27. The summed E-state index contributed by atoms with van der Waals surface area (Å²) in [6.07, 6.45) is 1.60.